The summed E-state index contributed by atoms with van der Waals surface area (Å²) < 4.78 is 1.85. The Labute approximate surface area is 102 Å². The van der Waals surface area contributed by atoms with Crippen LogP contribution in [-0.2, 0) is 4.79 Å². The second kappa shape index (κ2) is 6.39. The summed E-state index contributed by atoms with van der Waals surface area (Å²) in [5.41, 5.74) is 6.89. The maximum Gasteiger partial charge on any atom is 0.242 e. The fraction of sp³-hybridized carbons (Fsp3) is 0.667. The molecule has 1 heterocycles. The van der Waals surface area contributed by atoms with Gasteiger partial charge in [-0.15, -0.1) is 0 Å². The third-order valence-electron chi connectivity index (χ3n) is 2.86. The molecular formula is C12H22N4O. The average molecular weight is 238 g/mol. The van der Waals surface area contributed by atoms with Crippen molar-refractivity contribution in [1.29, 1.82) is 0 Å². The van der Waals surface area contributed by atoms with Gasteiger partial charge < -0.3 is 15.6 Å². The first-order valence-electron chi connectivity index (χ1n) is 6.16. The van der Waals surface area contributed by atoms with E-state index in [0.29, 0.717) is 6.54 Å². The zero-order valence-electron chi connectivity index (χ0n) is 10.8. The molecule has 1 unspecified atom stereocenters. The molecule has 1 aromatic heterocycles. The molecule has 0 fully saturated rings. The second-order valence-corrected chi connectivity index (χ2v) is 4.21. The van der Waals surface area contributed by atoms with Gasteiger partial charge in [0.1, 0.15) is 6.04 Å². The number of nitrogens with two attached hydrogens (primary N) is 1. The minimum absolute atomic E-state index is 0.00871. The molecular weight excluding hydrogens is 216 g/mol. The van der Waals surface area contributed by atoms with E-state index in [1.54, 1.807) is 12.5 Å². The molecule has 0 aliphatic carbocycles. The van der Waals surface area contributed by atoms with Gasteiger partial charge in [-0.2, -0.15) is 0 Å². The molecule has 1 amide bonds. The van der Waals surface area contributed by atoms with Crippen LogP contribution in [0.4, 0.5) is 0 Å². The minimum atomic E-state index is -0.267. The van der Waals surface area contributed by atoms with Gasteiger partial charge in [-0.05, 0) is 19.8 Å². The summed E-state index contributed by atoms with van der Waals surface area (Å²) in [5.74, 6) is 0.00871. The van der Waals surface area contributed by atoms with Gasteiger partial charge >= 0.3 is 0 Å². The molecule has 0 saturated heterocycles. The second-order valence-electron chi connectivity index (χ2n) is 4.21. The Bertz CT molecular complexity index is 361. The van der Waals surface area contributed by atoms with Crippen molar-refractivity contribution >= 4 is 5.91 Å². The summed E-state index contributed by atoms with van der Waals surface area (Å²) in [7, 11) is 0. The monoisotopic (exact) mass is 238 g/mol. The highest BCUT2D eigenvalue weighted by molar-refractivity contribution is 5.79. The van der Waals surface area contributed by atoms with E-state index >= 15 is 0 Å². The highest BCUT2D eigenvalue weighted by Gasteiger charge is 2.19. The van der Waals surface area contributed by atoms with Crippen molar-refractivity contribution in [3.05, 3.63) is 18.2 Å². The first kappa shape index (κ1) is 13.7. The fourth-order valence-electron chi connectivity index (χ4n) is 1.66. The SMILES string of the molecule is CCCNC(=O)C(C)n1cncc1[C@H](N)CC. The van der Waals surface area contributed by atoms with Crippen LogP contribution in [0.3, 0.4) is 0 Å². The van der Waals surface area contributed by atoms with E-state index in [-0.39, 0.29) is 18.0 Å². The zero-order chi connectivity index (χ0) is 12.8. The van der Waals surface area contributed by atoms with Crippen LogP contribution in [0.15, 0.2) is 12.5 Å². The van der Waals surface area contributed by atoms with Gasteiger partial charge in [0.2, 0.25) is 5.91 Å². The van der Waals surface area contributed by atoms with Crippen molar-refractivity contribution < 1.29 is 4.79 Å². The first-order chi connectivity index (χ1) is 8.11. The lowest BCUT2D eigenvalue weighted by atomic mass is 10.1. The summed E-state index contributed by atoms with van der Waals surface area (Å²) in [6, 6.07) is -0.337. The molecule has 17 heavy (non-hydrogen) atoms. The van der Waals surface area contributed by atoms with Crippen molar-refractivity contribution in [3.8, 4) is 0 Å². The Morgan fingerprint density at radius 3 is 2.88 bits per heavy atom. The molecule has 0 aliphatic heterocycles. The number of hydrogen-bond donors (Lipinski definition) is 2. The number of nitrogens with zero attached hydrogens (tertiary/aromatic N) is 2. The lowest BCUT2D eigenvalue weighted by Gasteiger charge is -2.18. The number of hydrogen-bond acceptors (Lipinski definition) is 3. The minimum Gasteiger partial charge on any atom is -0.354 e. The van der Waals surface area contributed by atoms with Gasteiger partial charge in [0.15, 0.2) is 0 Å². The first-order valence-corrected chi connectivity index (χ1v) is 6.16. The Balaban J connectivity index is 2.78. The van der Waals surface area contributed by atoms with E-state index in [4.69, 9.17) is 5.73 Å². The molecule has 0 radical (unpaired) electrons. The van der Waals surface area contributed by atoms with E-state index in [1.807, 2.05) is 25.3 Å². The molecule has 0 bridgehead atoms. The van der Waals surface area contributed by atoms with Crippen LogP contribution in [0.2, 0.25) is 0 Å². The zero-order valence-corrected chi connectivity index (χ0v) is 10.8. The van der Waals surface area contributed by atoms with Gasteiger partial charge in [0.05, 0.1) is 12.0 Å². The lowest BCUT2D eigenvalue weighted by molar-refractivity contribution is -0.123. The Hall–Kier alpha value is -1.36. The number of imidazole rings is 1. The number of aromatic nitrogens is 2. The Kier molecular flexibility index (Phi) is 5.15. The molecule has 2 atom stereocenters. The van der Waals surface area contributed by atoms with E-state index in [9.17, 15) is 4.79 Å². The van der Waals surface area contributed by atoms with Crippen LogP contribution in [0, 0.1) is 0 Å². The predicted molar refractivity (Wildman–Crippen MR) is 67.5 cm³/mol. The van der Waals surface area contributed by atoms with Crippen LogP contribution in [0.5, 0.6) is 0 Å². The van der Waals surface area contributed by atoms with Gasteiger partial charge in [0, 0.05) is 18.8 Å². The number of carbonyl (C=O) groups is 1. The lowest BCUT2D eigenvalue weighted by Crippen LogP contribution is -2.32. The smallest absolute Gasteiger partial charge is 0.242 e. The molecule has 96 valence electrons. The standard InChI is InChI=1S/C12H22N4O/c1-4-6-15-12(17)9(3)16-8-14-7-11(16)10(13)5-2/h7-10H,4-6,13H2,1-3H3,(H,15,17)/t9?,10-/m1/s1. The Morgan fingerprint density at radius 1 is 1.59 bits per heavy atom. The number of amides is 1. The van der Waals surface area contributed by atoms with Gasteiger partial charge in [-0.25, -0.2) is 4.98 Å². The fourth-order valence-corrected chi connectivity index (χ4v) is 1.66. The highest BCUT2D eigenvalue weighted by Crippen LogP contribution is 2.17. The van der Waals surface area contributed by atoms with Crippen LogP contribution in [-0.4, -0.2) is 22.0 Å². The van der Waals surface area contributed by atoms with Crippen LogP contribution < -0.4 is 11.1 Å². The molecule has 5 heteroatoms. The van der Waals surface area contributed by atoms with Crippen LogP contribution in [0.1, 0.15) is 51.4 Å². The quantitative estimate of drug-likeness (QED) is 0.786. The van der Waals surface area contributed by atoms with Crippen molar-refractivity contribution in [1.82, 2.24) is 14.9 Å². The molecule has 1 aromatic rings. The average Bonchev–Trinajstić information content (AvgIpc) is 2.82. The van der Waals surface area contributed by atoms with Crippen molar-refractivity contribution in [3.63, 3.8) is 0 Å². The van der Waals surface area contributed by atoms with E-state index in [0.717, 1.165) is 18.5 Å². The number of rotatable bonds is 6. The Morgan fingerprint density at radius 2 is 2.29 bits per heavy atom. The molecule has 5 nitrogen and oxygen atoms in total. The molecule has 0 aliphatic rings. The van der Waals surface area contributed by atoms with Crippen LogP contribution >= 0.6 is 0 Å². The summed E-state index contributed by atoms with van der Waals surface area (Å²) in [6.07, 6.45) is 5.16. The number of nitrogens with one attached hydrogen (secondary N) is 1. The number of carbonyl (C=O) groups excluding carboxylic acids is 1. The van der Waals surface area contributed by atoms with Crippen molar-refractivity contribution in [2.24, 2.45) is 5.73 Å². The summed E-state index contributed by atoms with van der Waals surface area (Å²) in [6.45, 7) is 6.61. The molecule has 3 N–H and O–H groups in total. The van der Waals surface area contributed by atoms with Crippen molar-refractivity contribution in [2.75, 3.05) is 6.54 Å². The van der Waals surface area contributed by atoms with Crippen LogP contribution in [0.25, 0.3) is 0 Å². The van der Waals surface area contributed by atoms with E-state index in [1.165, 1.54) is 0 Å². The largest absolute Gasteiger partial charge is 0.354 e. The maximum atomic E-state index is 11.9. The van der Waals surface area contributed by atoms with Gasteiger partial charge in [-0.3, -0.25) is 4.79 Å². The third kappa shape index (κ3) is 3.30. The third-order valence-corrected chi connectivity index (χ3v) is 2.86. The molecule has 0 saturated carbocycles. The summed E-state index contributed by atoms with van der Waals surface area (Å²) in [4.78, 5) is 15.9. The maximum absolute atomic E-state index is 11.9. The van der Waals surface area contributed by atoms with Gasteiger partial charge in [-0.1, -0.05) is 13.8 Å². The summed E-state index contributed by atoms with van der Waals surface area (Å²) in [5, 5.41) is 2.88. The van der Waals surface area contributed by atoms with E-state index < -0.39 is 0 Å². The highest BCUT2D eigenvalue weighted by atomic mass is 16.2. The van der Waals surface area contributed by atoms with Gasteiger partial charge in [0.25, 0.3) is 0 Å². The van der Waals surface area contributed by atoms with Crippen molar-refractivity contribution in [2.45, 2.75) is 45.7 Å². The predicted octanol–water partition coefficient (Wildman–Crippen LogP) is 1.38. The molecule has 0 spiro atoms. The molecule has 0 aromatic carbocycles. The summed E-state index contributed by atoms with van der Waals surface area (Å²) >= 11 is 0. The normalized spacial score (nSPS) is 14.4. The molecule has 1 rings (SSSR count). The topological polar surface area (TPSA) is 72.9 Å². The van der Waals surface area contributed by atoms with E-state index in [2.05, 4.69) is 10.3 Å².